The smallest absolute Gasteiger partial charge is 0.102 e. The van der Waals surface area contributed by atoms with Gasteiger partial charge in [0.05, 0.1) is 27.8 Å². The van der Waals surface area contributed by atoms with Crippen LogP contribution in [0.5, 0.6) is 0 Å². The number of hydrogen-bond donors (Lipinski definition) is 0. The average Bonchev–Trinajstić information content (AvgIpc) is 3.32. The molecule has 0 aliphatic carbocycles. The molecule has 210 valence electrons. The van der Waals surface area contributed by atoms with E-state index >= 15 is 0 Å². The van der Waals surface area contributed by atoms with Gasteiger partial charge in [-0.05, 0) is 63.4 Å². The molecule has 0 N–H and O–H groups in total. The lowest BCUT2D eigenvalue weighted by Gasteiger charge is -2.21. The van der Waals surface area contributed by atoms with Gasteiger partial charge in [0.25, 0.3) is 0 Å². The highest BCUT2D eigenvalue weighted by Gasteiger charge is 2.26. The van der Waals surface area contributed by atoms with Crippen molar-refractivity contribution >= 4 is 21.8 Å². The summed E-state index contributed by atoms with van der Waals surface area (Å²) in [5, 5.41) is 23.9. The van der Waals surface area contributed by atoms with Crippen molar-refractivity contribution < 1.29 is 0 Å². The first-order valence-electron chi connectivity index (χ1n) is 14.7. The maximum atomic E-state index is 10.8. The average molecular weight is 558 g/mol. The predicted molar refractivity (Wildman–Crippen MR) is 178 cm³/mol. The van der Waals surface area contributed by atoms with E-state index < -0.39 is 0 Å². The number of nitriles is 2. The normalized spacial score (nSPS) is 11.9. The van der Waals surface area contributed by atoms with Crippen LogP contribution in [0.15, 0.2) is 103 Å². The van der Waals surface area contributed by atoms with Crippen molar-refractivity contribution in [2.24, 2.45) is 0 Å². The molecule has 6 rings (SSSR count). The Morgan fingerprint density at radius 1 is 0.512 bits per heavy atom. The maximum absolute atomic E-state index is 10.8. The minimum absolute atomic E-state index is 0.0341. The number of aromatic nitrogens is 1. The van der Waals surface area contributed by atoms with E-state index in [1.807, 2.05) is 66.7 Å². The molecule has 6 aromatic rings. The highest BCUT2D eigenvalue weighted by Crippen LogP contribution is 2.43. The third kappa shape index (κ3) is 4.78. The summed E-state index contributed by atoms with van der Waals surface area (Å²) >= 11 is 0. The van der Waals surface area contributed by atoms with Gasteiger partial charge in [0, 0.05) is 21.9 Å². The van der Waals surface area contributed by atoms with Crippen LogP contribution in [0.2, 0.25) is 0 Å². The van der Waals surface area contributed by atoms with Crippen molar-refractivity contribution in [2.45, 2.75) is 52.4 Å². The second-order valence-electron chi connectivity index (χ2n) is 13.3. The molecule has 1 aromatic heterocycles. The number of rotatable bonds is 3. The Hall–Kier alpha value is -5.12. The lowest BCUT2D eigenvalue weighted by atomic mass is 9.85. The number of hydrogen-bond acceptors (Lipinski definition) is 2. The molecule has 3 heteroatoms. The van der Waals surface area contributed by atoms with E-state index in [9.17, 15) is 10.5 Å². The predicted octanol–water partition coefficient (Wildman–Crippen LogP) is 10.5. The van der Waals surface area contributed by atoms with Gasteiger partial charge in [-0.15, -0.1) is 0 Å². The first-order valence-corrected chi connectivity index (χ1v) is 14.7. The lowest BCUT2D eigenvalue weighted by molar-refractivity contribution is 0.590. The Balaban J connectivity index is 1.84. The third-order valence-corrected chi connectivity index (χ3v) is 8.41. The molecule has 0 amide bonds. The van der Waals surface area contributed by atoms with Gasteiger partial charge in [0.15, 0.2) is 0 Å². The van der Waals surface area contributed by atoms with Crippen LogP contribution in [-0.2, 0) is 10.8 Å². The van der Waals surface area contributed by atoms with Crippen LogP contribution < -0.4 is 0 Å². The highest BCUT2D eigenvalue weighted by molar-refractivity contribution is 6.10. The van der Waals surface area contributed by atoms with Gasteiger partial charge in [-0.25, -0.2) is 0 Å². The van der Waals surface area contributed by atoms with Gasteiger partial charge in [0.2, 0.25) is 0 Å². The van der Waals surface area contributed by atoms with Crippen LogP contribution in [0.4, 0.5) is 0 Å². The van der Waals surface area contributed by atoms with Crippen LogP contribution in [0, 0.1) is 22.7 Å². The summed E-state index contributed by atoms with van der Waals surface area (Å²) in [5.41, 5.74) is 9.46. The fourth-order valence-corrected chi connectivity index (χ4v) is 6.01. The van der Waals surface area contributed by atoms with Gasteiger partial charge in [0.1, 0.15) is 12.1 Å². The Bertz CT molecular complexity index is 1940. The van der Waals surface area contributed by atoms with Crippen LogP contribution in [0.1, 0.15) is 63.8 Å². The second-order valence-corrected chi connectivity index (χ2v) is 13.3. The fourth-order valence-electron chi connectivity index (χ4n) is 6.01. The molecule has 3 nitrogen and oxygen atoms in total. The molecule has 0 atom stereocenters. The molecule has 0 fully saturated rings. The van der Waals surface area contributed by atoms with E-state index in [2.05, 4.69) is 94.6 Å². The fraction of sp³-hybridized carbons (Fsp3) is 0.200. The molecule has 0 saturated heterocycles. The molecule has 0 saturated carbocycles. The Morgan fingerprint density at radius 2 is 0.907 bits per heavy atom. The standard InChI is InChI=1S/C40H35N3/c1-39(2,3)28-17-19-36-32(21-28)33-22-29(40(4,5)6)18-20-37(33)43(36)38-34(24-41)30(26-13-9-7-10-14-26)23-31(35(38)25-42)27-15-11-8-12-16-27/h7-23H,1-6H3. The molecule has 1 heterocycles. The van der Waals surface area contributed by atoms with Gasteiger partial charge >= 0.3 is 0 Å². The van der Waals surface area contributed by atoms with Gasteiger partial charge in [-0.1, -0.05) is 114 Å². The minimum Gasteiger partial charge on any atom is -0.307 e. The molecule has 0 aliphatic rings. The summed E-state index contributed by atoms with van der Waals surface area (Å²) in [6, 6.07) is 40.3. The summed E-state index contributed by atoms with van der Waals surface area (Å²) < 4.78 is 2.15. The van der Waals surface area contributed by atoms with E-state index in [-0.39, 0.29) is 10.8 Å². The molecule has 5 aromatic carbocycles. The first-order chi connectivity index (χ1) is 20.5. The van der Waals surface area contributed by atoms with Crippen molar-refractivity contribution in [3.63, 3.8) is 0 Å². The highest BCUT2D eigenvalue weighted by atomic mass is 15.0. The molecule has 0 radical (unpaired) electrons. The van der Waals surface area contributed by atoms with E-state index in [0.717, 1.165) is 44.1 Å². The van der Waals surface area contributed by atoms with Gasteiger partial charge < -0.3 is 4.57 Å². The largest absolute Gasteiger partial charge is 0.307 e. The Labute approximate surface area is 254 Å². The van der Waals surface area contributed by atoms with E-state index in [1.54, 1.807) is 0 Å². The first kappa shape index (κ1) is 28.0. The molecular weight excluding hydrogens is 522 g/mol. The van der Waals surface area contributed by atoms with Gasteiger partial charge in [-0.2, -0.15) is 10.5 Å². The summed E-state index contributed by atoms with van der Waals surface area (Å²) in [4.78, 5) is 0. The molecular formula is C40H35N3. The maximum Gasteiger partial charge on any atom is 0.102 e. The van der Waals surface area contributed by atoms with Gasteiger partial charge in [-0.3, -0.25) is 0 Å². The summed E-state index contributed by atoms with van der Waals surface area (Å²) in [6.45, 7) is 13.4. The van der Waals surface area contributed by atoms with Crippen molar-refractivity contribution in [3.05, 3.63) is 125 Å². The van der Waals surface area contributed by atoms with Crippen LogP contribution in [0.25, 0.3) is 49.7 Å². The number of fused-ring (bicyclic) bond motifs is 3. The third-order valence-electron chi connectivity index (χ3n) is 8.41. The van der Waals surface area contributed by atoms with Crippen LogP contribution in [-0.4, -0.2) is 4.57 Å². The van der Waals surface area contributed by atoms with Crippen molar-refractivity contribution in [1.29, 1.82) is 10.5 Å². The molecule has 0 aliphatic heterocycles. The Morgan fingerprint density at radius 3 is 1.26 bits per heavy atom. The zero-order valence-electron chi connectivity index (χ0n) is 25.7. The second kappa shape index (κ2) is 10.3. The van der Waals surface area contributed by atoms with Crippen LogP contribution >= 0.6 is 0 Å². The number of nitrogens with zero attached hydrogens (tertiary/aromatic N) is 3. The Kier molecular flexibility index (Phi) is 6.71. The van der Waals surface area contributed by atoms with Crippen LogP contribution in [0.3, 0.4) is 0 Å². The molecule has 0 spiro atoms. The van der Waals surface area contributed by atoms with Crippen molar-refractivity contribution in [2.75, 3.05) is 0 Å². The summed E-state index contributed by atoms with van der Waals surface area (Å²) in [6.07, 6.45) is 0. The molecule has 43 heavy (non-hydrogen) atoms. The lowest BCUT2D eigenvalue weighted by Crippen LogP contribution is -2.10. The summed E-state index contributed by atoms with van der Waals surface area (Å²) in [5.74, 6) is 0. The zero-order chi connectivity index (χ0) is 30.5. The van der Waals surface area contributed by atoms with Crippen molar-refractivity contribution in [3.8, 4) is 40.1 Å². The van der Waals surface area contributed by atoms with E-state index in [1.165, 1.54) is 11.1 Å². The van der Waals surface area contributed by atoms with E-state index in [0.29, 0.717) is 16.8 Å². The molecule has 0 unspecified atom stereocenters. The molecule has 0 bridgehead atoms. The quantitative estimate of drug-likeness (QED) is 0.217. The number of benzene rings is 5. The summed E-state index contributed by atoms with van der Waals surface area (Å²) in [7, 11) is 0. The van der Waals surface area contributed by atoms with Crippen molar-refractivity contribution in [1.82, 2.24) is 4.57 Å². The minimum atomic E-state index is -0.0341. The SMILES string of the molecule is CC(C)(C)c1ccc2c(c1)c1cc(C(C)(C)C)ccc1n2-c1c(C#N)c(-c2ccccc2)cc(-c2ccccc2)c1C#N. The van der Waals surface area contributed by atoms with E-state index in [4.69, 9.17) is 0 Å². The topological polar surface area (TPSA) is 52.5 Å². The monoisotopic (exact) mass is 557 g/mol. The zero-order valence-corrected chi connectivity index (χ0v) is 25.7.